The minimum absolute atomic E-state index is 0.0770. The van der Waals surface area contributed by atoms with Crippen LogP contribution in [-0.2, 0) is 4.79 Å². The van der Waals surface area contributed by atoms with E-state index in [0.717, 1.165) is 0 Å². The molecule has 0 heterocycles. The van der Waals surface area contributed by atoms with Crippen LogP contribution in [0.25, 0.3) is 0 Å². The van der Waals surface area contributed by atoms with Crippen LogP contribution in [0.1, 0.15) is 23.7 Å². The number of nitrogens with zero attached hydrogens (tertiary/aromatic N) is 1. The molecule has 1 aromatic carbocycles. The van der Waals surface area contributed by atoms with Gasteiger partial charge in [0.05, 0.1) is 0 Å². The van der Waals surface area contributed by atoms with Gasteiger partial charge in [-0.15, -0.1) is 0 Å². The summed E-state index contributed by atoms with van der Waals surface area (Å²) in [5.74, 6) is -0.960. The van der Waals surface area contributed by atoms with Crippen molar-refractivity contribution in [2.75, 3.05) is 19.4 Å². The zero-order chi connectivity index (χ0) is 13.7. The van der Waals surface area contributed by atoms with Crippen molar-refractivity contribution in [2.45, 2.75) is 19.4 Å². The van der Waals surface area contributed by atoms with Gasteiger partial charge in [-0.25, -0.2) is 4.79 Å². The van der Waals surface area contributed by atoms with Crippen LogP contribution in [0, 0.1) is 0 Å². The van der Waals surface area contributed by atoms with E-state index < -0.39 is 12.0 Å². The second-order valence-electron chi connectivity index (χ2n) is 4.22. The maximum atomic E-state index is 11.7. The third kappa shape index (κ3) is 3.48. The molecule has 5 heteroatoms. The Morgan fingerprint density at radius 1 is 1.28 bits per heavy atom. The molecule has 0 aromatic heterocycles. The molecule has 5 nitrogen and oxygen atoms in total. The number of nitrogens with one attached hydrogen (secondary N) is 1. The van der Waals surface area contributed by atoms with Crippen LogP contribution in [0.15, 0.2) is 24.3 Å². The first-order valence-corrected chi connectivity index (χ1v) is 5.76. The fourth-order valence-electron chi connectivity index (χ4n) is 1.51. The molecule has 18 heavy (non-hydrogen) atoms. The average Bonchev–Trinajstić information content (AvgIpc) is 2.35. The number of rotatable bonds is 5. The standard InChI is InChI=1S/C13H18N2O3/c1-4-11(13(17)18)14-10-7-5-9(6-8-10)12(16)15(2)3/h5-8,11,14H,4H2,1-3H3,(H,17,18). The van der Waals surface area contributed by atoms with Gasteiger partial charge in [0.25, 0.3) is 5.91 Å². The topological polar surface area (TPSA) is 69.6 Å². The summed E-state index contributed by atoms with van der Waals surface area (Å²) in [6.45, 7) is 1.80. The summed E-state index contributed by atoms with van der Waals surface area (Å²) in [6.07, 6.45) is 0.494. The molecule has 0 bridgehead atoms. The van der Waals surface area contributed by atoms with Crippen molar-refractivity contribution < 1.29 is 14.7 Å². The van der Waals surface area contributed by atoms with Gasteiger partial charge in [-0.05, 0) is 30.7 Å². The monoisotopic (exact) mass is 250 g/mol. The quantitative estimate of drug-likeness (QED) is 0.834. The average molecular weight is 250 g/mol. The number of hydrogen-bond donors (Lipinski definition) is 2. The molecule has 1 aromatic rings. The second-order valence-corrected chi connectivity index (χ2v) is 4.22. The number of carbonyl (C=O) groups is 2. The Bertz CT molecular complexity index is 426. The van der Waals surface area contributed by atoms with Gasteiger partial charge in [-0.2, -0.15) is 0 Å². The molecule has 0 saturated carbocycles. The van der Waals surface area contributed by atoms with Crippen LogP contribution < -0.4 is 5.32 Å². The maximum Gasteiger partial charge on any atom is 0.326 e. The van der Waals surface area contributed by atoms with E-state index in [1.807, 2.05) is 0 Å². The minimum atomic E-state index is -0.883. The molecule has 0 saturated heterocycles. The van der Waals surface area contributed by atoms with Gasteiger partial charge in [-0.1, -0.05) is 6.92 Å². The van der Waals surface area contributed by atoms with Crippen LogP contribution in [0.5, 0.6) is 0 Å². The van der Waals surface area contributed by atoms with Gasteiger partial charge in [-0.3, -0.25) is 4.79 Å². The highest BCUT2D eigenvalue weighted by Crippen LogP contribution is 2.13. The predicted molar refractivity (Wildman–Crippen MR) is 69.8 cm³/mol. The Balaban J connectivity index is 2.77. The number of carboxylic acids is 1. The zero-order valence-electron chi connectivity index (χ0n) is 10.8. The number of carbonyl (C=O) groups excluding carboxylic acids is 1. The third-order valence-electron chi connectivity index (χ3n) is 2.59. The highest BCUT2D eigenvalue weighted by Gasteiger charge is 2.14. The van der Waals surface area contributed by atoms with Gasteiger partial charge in [0, 0.05) is 25.3 Å². The van der Waals surface area contributed by atoms with E-state index in [-0.39, 0.29) is 5.91 Å². The third-order valence-corrected chi connectivity index (χ3v) is 2.59. The molecular formula is C13H18N2O3. The lowest BCUT2D eigenvalue weighted by Crippen LogP contribution is -2.28. The number of carboxylic acid groups (broad SMARTS) is 1. The van der Waals surface area contributed by atoms with Gasteiger partial charge in [0.2, 0.25) is 0 Å². The highest BCUT2D eigenvalue weighted by molar-refractivity contribution is 5.94. The summed E-state index contributed by atoms with van der Waals surface area (Å²) >= 11 is 0. The highest BCUT2D eigenvalue weighted by atomic mass is 16.4. The van der Waals surface area contributed by atoms with Crippen molar-refractivity contribution in [3.05, 3.63) is 29.8 Å². The van der Waals surface area contributed by atoms with Crippen LogP contribution in [-0.4, -0.2) is 42.0 Å². The summed E-state index contributed by atoms with van der Waals surface area (Å²) in [5, 5.41) is 11.8. The second kappa shape index (κ2) is 6.05. The maximum absolute atomic E-state index is 11.7. The van der Waals surface area contributed by atoms with Crippen molar-refractivity contribution in [3.8, 4) is 0 Å². The van der Waals surface area contributed by atoms with Gasteiger partial charge < -0.3 is 15.3 Å². The SMILES string of the molecule is CCC(Nc1ccc(C(=O)N(C)C)cc1)C(=O)O. The molecule has 1 amide bonds. The molecule has 1 atom stereocenters. The van der Waals surface area contributed by atoms with E-state index in [0.29, 0.717) is 17.7 Å². The predicted octanol–water partition coefficient (Wildman–Crippen LogP) is 1.66. The summed E-state index contributed by atoms with van der Waals surface area (Å²) in [5.41, 5.74) is 1.27. The Morgan fingerprint density at radius 3 is 2.22 bits per heavy atom. The normalized spacial score (nSPS) is 11.7. The van der Waals surface area contributed by atoms with E-state index in [4.69, 9.17) is 5.11 Å². The molecule has 2 N–H and O–H groups in total. The molecule has 0 aliphatic carbocycles. The smallest absolute Gasteiger partial charge is 0.326 e. The van der Waals surface area contributed by atoms with Crippen molar-refractivity contribution in [3.63, 3.8) is 0 Å². The first-order valence-electron chi connectivity index (χ1n) is 5.76. The van der Waals surface area contributed by atoms with Crippen molar-refractivity contribution in [2.24, 2.45) is 0 Å². The fourth-order valence-corrected chi connectivity index (χ4v) is 1.51. The Morgan fingerprint density at radius 2 is 1.83 bits per heavy atom. The molecule has 98 valence electrons. The van der Waals surface area contributed by atoms with Crippen molar-refractivity contribution in [1.29, 1.82) is 0 Å². The molecule has 0 fully saturated rings. The lowest BCUT2D eigenvalue weighted by atomic mass is 10.1. The minimum Gasteiger partial charge on any atom is -0.480 e. The molecule has 1 rings (SSSR count). The van der Waals surface area contributed by atoms with Crippen molar-refractivity contribution in [1.82, 2.24) is 4.90 Å². The van der Waals surface area contributed by atoms with E-state index in [1.54, 1.807) is 45.3 Å². The molecular weight excluding hydrogens is 232 g/mol. The number of amides is 1. The van der Waals surface area contributed by atoms with E-state index in [9.17, 15) is 9.59 Å². The first-order chi connectivity index (χ1) is 8.45. The summed E-state index contributed by atoms with van der Waals surface area (Å²) in [4.78, 5) is 24.0. The summed E-state index contributed by atoms with van der Waals surface area (Å²) in [7, 11) is 3.37. The lowest BCUT2D eigenvalue weighted by Gasteiger charge is -2.14. The first kappa shape index (κ1) is 14.0. The van der Waals surface area contributed by atoms with Crippen LogP contribution in [0.3, 0.4) is 0 Å². The number of benzene rings is 1. The summed E-state index contributed by atoms with van der Waals surface area (Å²) in [6, 6.07) is 6.17. The van der Waals surface area contributed by atoms with Crippen molar-refractivity contribution >= 4 is 17.6 Å². The molecule has 0 spiro atoms. The van der Waals surface area contributed by atoms with Gasteiger partial charge in [0.15, 0.2) is 0 Å². The van der Waals surface area contributed by atoms with E-state index in [1.165, 1.54) is 4.90 Å². The number of hydrogen-bond acceptors (Lipinski definition) is 3. The Labute approximate surface area is 106 Å². The number of aliphatic carboxylic acids is 1. The Hall–Kier alpha value is -2.04. The summed E-state index contributed by atoms with van der Waals surface area (Å²) < 4.78 is 0. The van der Waals surface area contributed by atoms with E-state index >= 15 is 0 Å². The molecule has 1 unspecified atom stereocenters. The van der Waals surface area contributed by atoms with E-state index in [2.05, 4.69) is 5.32 Å². The molecule has 0 aliphatic heterocycles. The molecule has 0 radical (unpaired) electrons. The van der Waals surface area contributed by atoms with Gasteiger partial charge in [0.1, 0.15) is 6.04 Å². The van der Waals surface area contributed by atoms with Crippen LogP contribution in [0.4, 0.5) is 5.69 Å². The lowest BCUT2D eigenvalue weighted by molar-refractivity contribution is -0.137. The van der Waals surface area contributed by atoms with Crippen LogP contribution >= 0.6 is 0 Å². The zero-order valence-corrected chi connectivity index (χ0v) is 10.8. The molecule has 0 aliphatic rings. The van der Waals surface area contributed by atoms with Gasteiger partial charge >= 0.3 is 5.97 Å². The Kier molecular flexibility index (Phi) is 4.71. The number of anilines is 1. The fraction of sp³-hybridized carbons (Fsp3) is 0.385. The largest absolute Gasteiger partial charge is 0.480 e. The van der Waals surface area contributed by atoms with Crippen LogP contribution in [0.2, 0.25) is 0 Å².